The van der Waals surface area contributed by atoms with Crippen LogP contribution in [0.25, 0.3) is 6.08 Å². The Morgan fingerprint density at radius 1 is 1.22 bits per heavy atom. The average molecular weight is 403 g/mol. The van der Waals surface area contributed by atoms with Gasteiger partial charge in [0, 0.05) is 11.0 Å². The molecule has 1 aromatic heterocycles. The minimum atomic E-state index is -0.618. The Bertz CT molecular complexity index is 889. The fourth-order valence-electron chi connectivity index (χ4n) is 2.27. The first-order valence-corrected chi connectivity index (χ1v) is 9.83. The first-order valence-electron chi connectivity index (χ1n) is 8.20. The zero-order valence-electron chi connectivity index (χ0n) is 14.7. The molecule has 0 saturated carbocycles. The van der Waals surface area contributed by atoms with Crippen LogP contribution in [0.5, 0.6) is 0 Å². The summed E-state index contributed by atoms with van der Waals surface area (Å²) in [4.78, 5) is 38.3. The molecule has 1 aliphatic rings. The van der Waals surface area contributed by atoms with Crippen LogP contribution in [-0.4, -0.2) is 34.7 Å². The molecule has 3 rings (SSSR count). The first-order chi connectivity index (χ1) is 12.9. The van der Waals surface area contributed by atoms with E-state index in [1.165, 1.54) is 17.8 Å². The van der Waals surface area contributed by atoms with Gasteiger partial charge in [0.2, 0.25) is 0 Å². The van der Waals surface area contributed by atoms with Gasteiger partial charge in [0.1, 0.15) is 12.3 Å². The van der Waals surface area contributed by atoms with Gasteiger partial charge in [-0.15, -0.1) is 0 Å². The van der Waals surface area contributed by atoms with Gasteiger partial charge >= 0.3 is 5.97 Å². The van der Waals surface area contributed by atoms with Crippen LogP contribution in [0.3, 0.4) is 0 Å². The van der Waals surface area contributed by atoms with Crippen LogP contribution >= 0.6 is 23.5 Å². The van der Waals surface area contributed by atoms with Crippen molar-refractivity contribution in [2.75, 3.05) is 6.54 Å². The summed E-state index contributed by atoms with van der Waals surface area (Å²) in [5, 5.41) is 0.171. The number of thioether (sulfide) groups is 1. The molecule has 140 valence electrons. The number of carbonyl (C=O) groups is 3. The van der Waals surface area contributed by atoms with Crippen molar-refractivity contribution in [1.82, 2.24) is 4.90 Å². The van der Waals surface area contributed by atoms with Crippen LogP contribution in [0.4, 0.5) is 4.79 Å². The molecule has 0 radical (unpaired) electrons. The maximum Gasteiger partial charge on any atom is 0.326 e. The highest BCUT2D eigenvalue weighted by Gasteiger charge is 2.37. The zero-order valence-corrected chi connectivity index (χ0v) is 16.3. The lowest BCUT2D eigenvalue weighted by atomic mass is 10.3. The van der Waals surface area contributed by atoms with E-state index in [1.54, 1.807) is 26.0 Å². The summed E-state index contributed by atoms with van der Waals surface area (Å²) < 4.78 is 10.7. The molecule has 0 bridgehead atoms. The van der Waals surface area contributed by atoms with E-state index in [4.69, 9.17) is 9.15 Å². The predicted octanol–water partition coefficient (Wildman–Crippen LogP) is 4.42. The van der Waals surface area contributed by atoms with E-state index in [1.807, 2.05) is 30.3 Å². The Kier molecular flexibility index (Phi) is 6.08. The van der Waals surface area contributed by atoms with Crippen molar-refractivity contribution in [3.63, 3.8) is 0 Å². The van der Waals surface area contributed by atoms with E-state index in [2.05, 4.69) is 0 Å². The molecule has 0 aliphatic carbocycles. The van der Waals surface area contributed by atoms with E-state index >= 15 is 0 Å². The van der Waals surface area contributed by atoms with Gasteiger partial charge in [0.25, 0.3) is 11.1 Å². The van der Waals surface area contributed by atoms with Gasteiger partial charge in [0.15, 0.2) is 5.09 Å². The number of nitrogens with zero attached hydrogens (tertiary/aromatic N) is 1. The molecule has 2 aromatic rings. The second-order valence-electron chi connectivity index (χ2n) is 5.88. The molecule has 2 amide bonds. The summed E-state index contributed by atoms with van der Waals surface area (Å²) in [6, 6.07) is 13.3. The monoisotopic (exact) mass is 403 g/mol. The zero-order chi connectivity index (χ0) is 19.4. The Balaban J connectivity index is 1.68. The standard InChI is InChI=1S/C19H17NO5S2/c1-12(2)24-16(21)11-20-18(22)15(27-19(20)23)10-13-8-9-17(25-13)26-14-6-4-3-5-7-14/h3-10,12H,11H2,1-2H3/b15-10+. The summed E-state index contributed by atoms with van der Waals surface area (Å²) in [6.07, 6.45) is 1.20. The second-order valence-corrected chi connectivity index (χ2v) is 7.95. The Morgan fingerprint density at radius 3 is 2.67 bits per heavy atom. The summed E-state index contributed by atoms with van der Waals surface area (Å²) in [7, 11) is 0. The van der Waals surface area contributed by atoms with Crippen molar-refractivity contribution < 1.29 is 23.5 Å². The van der Waals surface area contributed by atoms with Gasteiger partial charge in [-0.2, -0.15) is 0 Å². The highest BCUT2D eigenvalue weighted by atomic mass is 32.2. The summed E-state index contributed by atoms with van der Waals surface area (Å²) in [6.45, 7) is 3.01. The quantitative estimate of drug-likeness (QED) is 0.522. The lowest BCUT2D eigenvalue weighted by molar-refractivity contribution is -0.149. The Morgan fingerprint density at radius 2 is 1.96 bits per heavy atom. The van der Waals surface area contributed by atoms with Gasteiger partial charge in [-0.3, -0.25) is 19.3 Å². The summed E-state index contributed by atoms with van der Waals surface area (Å²) in [5.41, 5.74) is 0. The lowest BCUT2D eigenvalue weighted by Crippen LogP contribution is -2.35. The maximum atomic E-state index is 12.4. The van der Waals surface area contributed by atoms with Crippen LogP contribution in [-0.2, 0) is 14.3 Å². The van der Waals surface area contributed by atoms with Gasteiger partial charge in [-0.25, -0.2) is 0 Å². The van der Waals surface area contributed by atoms with Crippen molar-refractivity contribution in [3.05, 3.63) is 53.1 Å². The maximum absolute atomic E-state index is 12.4. The Hall–Kier alpha value is -2.45. The molecule has 0 N–H and O–H groups in total. The molecule has 1 aliphatic heterocycles. The van der Waals surface area contributed by atoms with Crippen LogP contribution in [0, 0.1) is 0 Å². The molecule has 1 saturated heterocycles. The number of furan rings is 1. The summed E-state index contributed by atoms with van der Waals surface area (Å²) in [5.74, 6) is -0.684. The SMILES string of the molecule is CC(C)OC(=O)CN1C(=O)S/C(=C/c2ccc(Sc3ccccc3)o2)C1=O. The molecule has 1 fully saturated rings. The Labute approximate surface area is 164 Å². The third-order valence-corrected chi connectivity index (χ3v) is 5.20. The fourth-order valence-corrected chi connectivity index (χ4v) is 3.88. The molecular formula is C19H17NO5S2. The van der Waals surface area contributed by atoms with Crippen LogP contribution in [0.2, 0.25) is 0 Å². The van der Waals surface area contributed by atoms with Crippen LogP contribution < -0.4 is 0 Å². The van der Waals surface area contributed by atoms with Crippen molar-refractivity contribution >= 4 is 46.7 Å². The van der Waals surface area contributed by atoms with Gasteiger partial charge in [-0.1, -0.05) is 30.0 Å². The van der Waals surface area contributed by atoms with Crippen molar-refractivity contribution in [1.29, 1.82) is 0 Å². The predicted molar refractivity (Wildman–Crippen MR) is 103 cm³/mol. The average Bonchev–Trinajstić information content (AvgIpc) is 3.15. The molecule has 2 heterocycles. The number of benzene rings is 1. The highest BCUT2D eigenvalue weighted by molar-refractivity contribution is 8.18. The number of carbonyl (C=O) groups excluding carboxylic acids is 3. The molecule has 0 atom stereocenters. The normalized spacial score (nSPS) is 15.8. The van der Waals surface area contributed by atoms with Crippen molar-refractivity contribution in [3.8, 4) is 0 Å². The number of rotatable bonds is 6. The van der Waals surface area contributed by atoms with E-state index in [0.29, 0.717) is 10.9 Å². The van der Waals surface area contributed by atoms with E-state index in [9.17, 15) is 14.4 Å². The van der Waals surface area contributed by atoms with Crippen molar-refractivity contribution in [2.45, 2.75) is 29.9 Å². The van der Waals surface area contributed by atoms with Gasteiger partial charge in [0.05, 0.1) is 11.0 Å². The lowest BCUT2D eigenvalue weighted by Gasteiger charge is -2.13. The third kappa shape index (κ3) is 5.05. The number of imide groups is 1. The van der Waals surface area contributed by atoms with Gasteiger partial charge in [-0.05, 0) is 49.9 Å². The van der Waals surface area contributed by atoms with E-state index in [-0.39, 0.29) is 11.0 Å². The minimum Gasteiger partial charge on any atom is -0.462 e. The topological polar surface area (TPSA) is 76.8 Å². The molecule has 8 heteroatoms. The van der Waals surface area contributed by atoms with Crippen LogP contribution in [0.1, 0.15) is 19.6 Å². The summed E-state index contributed by atoms with van der Waals surface area (Å²) >= 11 is 2.23. The number of amides is 2. The van der Waals surface area contributed by atoms with Crippen LogP contribution in [0.15, 0.2) is 61.8 Å². The first kappa shape index (κ1) is 19.3. The smallest absolute Gasteiger partial charge is 0.326 e. The van der Waals surface area contributed by atoms with Gasteiger partial charge < -0.3 is 9.15 Å². The minimum absolute atomic E-state index is 0.211. The number of hydrogen-bond acceptors (Lipinski definition) is 7. The largest absolute Gasteiger partial charge is 0.462 e. The highest BCUT2D eigenvalue weighted by Crippen LogP contribution is 2.34. The number of hydrogen-bond donors (Lipinski definition) is 0. The van der Waals surface area contributed by atoms with E-state index in [0.717, 1.165) is 21.6 Å². The molecule has 27 heavy (non-hydrogen) atoms. The van der Waals surface area contributed by atoms with E-state index < -0.39 is 23.7 Å². The molecule has 1 aromatic carbocycles. The molecular weight excluding hydrogens is 386 g/mol. The second kappa shape index (κ2) is 8.49. The molecule has 0 unspecified atom stereocenters. The van der Waals surface area contributed by atoms with Crippen molar-refractivity contribution in [2.24, 2.45) is 0 Å². The molecule has 0 spiro atoms. The number of ether oxygens (including phenoxy) is 1. The number of esters is 1. The fraction of sp³-hybridized carbons (Fsp3) is 0.211. The molecule has 6 nitrogen and oxygen atoms in total. The third-order valence-electron chi connectivity index (χ3n) is 3.37.